The van der Waals surface area contributed by atoms with Gasteiger partial charge in [0.1, 0.15) is 0 Å². The fourth-order valence-electron chi connectivity index (χ4n) is 4.04. The molecule has 5 heteroatoms. The Hall–Kier alpha value is -1.33. The predicted octanol–water partition coefficient (Wildman–Crippen LogP) is 2.18. The molecule has 0 unspecified atom stereocenters. The third kappa shape index (κ3) is 3.78. The van der Waals surface area contributed by atoms with Crippen LogP contribution in [0.5, 0.6) is 0 Å². The minimum atomic E-state index is 0.118. The maximum absolute atomic E-state index is 12.3. The van der Waals surface area contributed by atoms with E-state index in [1.54, 1.807) is 6.26 Å². The van der Waals surface area contributed by atoms with Crippen molar-refractivity contribution in [2.45, 2.75) is 50.8 Å². The summed E-state index contributed by atoms with van der Waals surface area (Å²) in [5, 5.41) is 3.27. The molecule has 3 heterocycles. The van der Waals surface area contributed by atoms with Crippen LogP contribution < -0.4 is 5.32 Å². The van der Waals surface area contributed by atoms with Gasteiger partial charge in [0.25, 0.3) is 0 Å². The highest BCUT2D eigenvalue weighted by molar-refractivity contribution is 5.77. The molecule has 1 amide bonds. The fraction of sp³-hybridized carbons (Fsp3) is 0.722. The van der Waals surface area contributed by atoms with Gasteiger partial charge in [0.05, 0.1) is 24.7 Å². The van der Waals surface area contributed by atoms with Crippen LogP contribution in [0.4, 0.5) is 0 Å². The Balaban J connectivity index is 1.41. The molecule has 3 aliphatic rings. The molecule has 3 atom stereocenters. The van der Waals surface area contributed by atoms with E-state index in [-0.39, 0.29) is 18.1 Å². The van der Waals surface area contributed by atoms with Crippen molar-refractivity contribution >= 4 is 5.91 Å². The average Bonchev–Trinajstić information content (AvgIpc) is 3.20. The number of carbonyl (C=O) groups excluding carboxylic acids is 1. The van der Waals surface area contributed by atoms with Crippen molar-refractivity contribution in [1.29, 1.82) is 0 Å². The fourth-order valence-corrected chi connectivity index (χ4v) is 4.04. The Labute approximate surface area is 137 Å². The molecule has 5 nitrogen and oxygen atoms in total. The van der Waals surface area contributed by atoms with E-state index in [1.807, 2.05) is 12.3 Å². The molecule has 1 aliphatic carbocycles. The molecule has 126 valence electrons. The molecule has 0 spiro atoms. The second-order valence-corrected chi connectivity index (χ2v) is 7.38. The molecule has 0 radical (unpaired) electrons. The number of rotatable bonds is 5. The molecule has 1 aromatic rings. The summed E-state index contributed by atoms with van der Waals surface area (Å²) in [4.78, 5) is 14.7. The molecule has 4 rings (SSSR count). The van der Waals surface area contributed by atoms with E-state index in [1.165, 1.54) is 24.8 Å². The molecule has 0 bridgehead atoms. The second-order valence-electron chi connectivity index (χ2n) is 7.38. The molecule has 3 fully saturated rings. The number of carbonyl (C=O) groups is 1. The van der Waals surface area contributed by atoms with E-state index in [2.05, 4.69) is 10.2 Å². The van der Waals surface area contributed by atoms with Gasteiger partial charge in [0.2, 0.25) is 5.91 Å². The Morgan fingerprint density at radius 1 is 1.30 bits per heavy atom. The highest BCUT2D eigenvalue weighted by atomic mass is 16.5. The van der Waals surface area contributed by atoms with Crippen molar-refractivity contribution < 1.29 is 13.9 Å². The van der Waals surface area contributed by atoms with E-state index in [4.69, 9.17) is 9.15 Å². The largest absolute Gasteiger partial charge is 0.472 e. The van der Waals surface area contributed by atoms with Gasteiger partial charge in [-0.2, -0.15) is 0 Å². The SMILES string of the molecule is O=C(CC1CC1)N[C@@H]1CN(Cc2ccoc2)C[C@H]2CCCO[C@H]21. The van der Waals surface area contributed by atoms with Gasteiger partial charge in [-0.1, -0.05) is 0 Å². The average molecular weight is 318 g/mol. The predicted molar refractivity (Wildman–Crippen MR) is 85.7 cm³/mol. The standard InChI is InChI=1S/C18H26N2O3/c21-17(8-13-3-4-13)19-16-11-20(9-14-5-7-22-12-14)10-15-2-1-6-23-18(15)16/h5,7,12-13,15-16,18H,1-4,6,8-11H2,(H,19,21)/t15-,16-,18-/m1/s1. The van der Waals surface area contributed by atoms with Gasteiger partial charge in [0, 0.05) is 38.2 Å². The van der Waals surface area contributed by atoms with Gasteiger partial charge in [-0.15, -0.1) is 0 Å². The number of likely N-dealkylation sites (tertiary alicyclic amines) is 1. The van der Waals surface area contributed by atoms with Crippen LogP contribution in [-0.4, -0.2) is 42.6 Å². The summed E-state index contributed by atoms with van der Waals surface area (Å²) < 4.78 is 11.2. The van der Waals surface area contributed by atoms with Crippen LogP contribution in [0, 0.1) is 11.8 Å². The first kappa shape index (κ1) is 15.2. The summed E-state index contributed by atoms with van der Waals surface area (Å²) in [6.07, 6.45) is 9.17. The van der Waals surface area contributed by atoms with Crippen LogP contribution in [0.1, 0.15) is 37.7 Å². The molecule has 0 aromatic carbocycles. The van der Waals surface area contributed by atoms with E-state index in [0.717, 1.165) is 32.7 Å². The number of ether oxygens (including phenoxy) is 1. The number of fused-ring (bicyclic) bond motifs is 1. The Morgan fingerprint density at radius 3 is 3.00 bits per heavy atom. The molecule has 1 saturated carbocycles. The topological polar surface area (TPSA) is 54.7 Å². The molecule has 23 heavy (non-hydrogen) atoms. The summed E-state index contributed by atoms with van der Waals surface area (Å²) in [5.74, 6) is 1.36. The van der Waals surface area contributed by atoms with E-state index in [9.17, 15) is 4.79 Å². The van der Waals surface area contributed by atoms with Gasteiger partial charge in [-0.05, 0) is 43.6 Å². The van der Waals surface area contributed by atoms with Crippen LogP contribution in [0.25, 0.3) is 0 Å². The zero-order valence-corrected chi connectivity index (χ0v) is 13.6. The highest BCUT2D eigenvalue weighted by Gasteiger charge is 2.40. The highest BCUT2D eigenvalue weighted by Crippen LogP contribution is 2.33. The zero-order valence-electron chi connectivity index (χ0n) is 13.6. The van der Waals surface area contributed by atoms with Gasteiger partial charge >= 0.3 is 0 Å². The van der Waals surface area contributed by atoms with Gasteiger partial charge in [-0.25, -0.2) is 0 Å². The molecule has 2 aliphatic heterocycles. The molecular weight excluding hydrogens is 292 g/mol. The summed E-state index contributed by atoms with van der Waals surface area (Å²) >= 11 is 0. The van der Waals surface area contributed by atoms with Gasteiger partial charge in [-0.3, -0.25) is 9.69 Å². The lowest BCUT2D eigenvalue weighted by Crippen LogP contribution is -2.60. The maximum Gasteiger partial charge on any atom is 0.220 e. The first-order valence-electron chi connectivity index (χ1n) is 8.92. The molecule has 1 aromatic heterocycles. The Morgan fingerprint density at radius 2 is 2.22 bits per heavy atom. The third-order valence-electron chi connectivity index (χ3n) is 5.34. The van der Waals surface area contributed by atoms with Crippen LogP contribution in [0.3, 0.4) is 0 Å². The van der Waals surface area contributed by atoms with Crippen LogP contribution in [0.2, 0.25) is 0 Å². The Kier molecular flexibility index (Phi) is 4.40. The summed E-state index contributed by atoms with van der Waals surface area (Å²) in [5.41, 5.74) is 1.20. The van der Waals surface area contributed by atoms with Crippen molar-refractivity contribution in [2.75, 3.05) is 19.7 Å². The number of hydrogen-bond acceptors (Lipinski definition) is 4. The number of nitrogens with one attached hydrogen (secondary N) is 1. The van der Waals surface area contributed by atoms with Crippen LogP contribution in [-0.2, 0) is 16.1 Å². The summed E-state index contributed by atoms with van der Waals surface area (Å²) in [7, 11) is 0. The molecule has 2 saturated heterocycles. The van der Waals surface area contributed by atoms with Crippen molar-refractivity contribution in [3.63, 3.8) is 0 Å². The summed E-state index contributed by atoms with van der Waals surface area (Å²) in [6, 6.07) is 2.14. The van der Waals surface area contributed by atoms with E-state index < -0.39 is 0 Å². The third-order valence-corrected chi connectivity index (χ3v) is 5.34. The van der Waals surface area contributed by atoms with Crippen LogP contribution >= 0.6 is 0 Å². The smallest absolute Gasteiger partial charge is 0.220 e. The summed E-state index contributed by atoms with van der Waals surface area (Å²) in [6.45, 7) is 3.63. The number of hydrogen-bond donors (Lipinski definition) is 1. The van der Waals surface area contributed by atoms with Crippen LogP contribution in [0.15, 0.2) is 23.0 Å². The lowest BCUT2D eigenvalue weighted by atomic mass is 9.85. The molecule has 1 N–H and O–H groups in total. The monoisotopic (exact) mass is 318 g/mol. The second kappa shape index (κ2) is 6.65. The first-order chi connectivity index (χ1) is 11.3. The Bertz CT molecular complexity index is 526. The van der Waals surface area contributed by atoms with E-state index >= 15 is 0 Å². The van der Waals surface area contributed by atoms with Crippen molar-refractivity contribution in [3.05, 3.63) is 24.2 Å². The molecular formula is C18H26N2O3. The normalized spacial score (nSPS) is 31.6. The number of nitrogens with zero attached hydrogens (tertiary/aromatic N) is 1. The van der Waals surface area contributed by atoms with E-state index in [0.29, 0.717) is 18.3 Å². The van der Waals surface area contributed by atoms with Crippen molar-refractivity contribution in [2.24, 2.45) is 11.8 Å². The van der Waals surface area contributed by atoms with Crippen molar-refractivity contribution in [1.82, 2.24) is 10.2 Å². The van der Waals surface area contributed by atoms with Gasteiger partial charge < -0.3 is 14.5 Å². The minimum absolute atomic E-state index is 0.118. The first-order valence-corrected chi connectivity index (χ1v) is 8.92. The lowest BCUT2D eigenvalue weighted by Gasteiger charge is -2.46. The lowest BCUT2D eigenvalue weighted by molar-refractivity contribution is -0.128. The van der Waals surface area contributed by atoms with Crippen molar-refractivity contribution in [3.8, 4) is 0 Å². The maximum atomic E-state index is 12.3. The number of furan rings is 1. The van der Waals surface area contributed by atoms with Gasteiger partial charge in [0.15, 0.2) is 0 Å². The minimum Gasteiger partial charge on any atom is -0.472 e. The number of piperidine rings is 1. The quantitative estimate of drug-likeness (QED) is 0.904. The zero-order chi connectivity index (χ0) is 15.6. The number of amides is 1.